The van der Waals surface area contributed by atoms with Crippen molar-refractivity contribution in [2.45, 2.75) is 17.9 Å². The molecule has 0 unspecified atom stereocenters. The maximum Gasteiger partial charge on any atom is 0.337 e. The van der Waals surface area contributed by atoms with Crippen molar-refractivity contribution in [2.24, 2.45) is 0 Å². The van der Waals surface area contributed by atoms with Crippen molar-refractivity contribution in [3.8, 4) is 23.1 Å². The number of ether oxygens (including phenoxy) is 1. The van der Waals surface area contributed by atoms with Crippen LogP contribution < -0.4 is 4.74 Å². The van der Waals surface area contributed by atoms with Crippen molar-refractivity contribution in [1.29, 1.82) is 5.26 Å². The third-order valence-electron chi connectivity index (χ3n) is 5.22. The summed E-state index contributed by atoms with van der Waals surface area (Å²) in [4.78, 5) is 11.3. The molecule has 1 aromatic heterocycles. The van der Waals surface area contributed by atoms with Gasteiger partial charge in [0.25, 0.3) is 0 Å². The number of sulfonamides is 1. The standard InChI is InChI=1S/C21H18N4O5S/c1-30-18-10-13(11-22)6-7-14(18)20-16-12-25(9-8-17(16)23-24-20)31(28,29)19-5-3-2-4-15(19)21(26)27/h2-7,10H,8-9,12H2,1H3,(H,23,24)(H,26,27). The Hall–Kier alpha value is -3.68. The van der Waals surface area contributed by atoms with E-state index in [-0.39, 0.29) is 23.5 Å². The highest BCUT2D eigenvalue weighted by atomic mass is 32.2. The number of hydrogen-bond acceptors (Lipinski definition) is 6. The van der Waals surface area contributed by atoms with E-state index in [0.717, 1.165) is 5.69 Å². The number of aromatic carboxylic acids is 1. The van der Waals surface area contributed by atoms with Crippen molar-refractivity contribution in [2.75, 3.05) is 13.7 Å². The van der Waals surface area contributed by atoms with Gasteiger partial charge in [-0.3, -0.25) is 5.10 Å². The monoisotopic (exact) mass is 438 g/mol. The van der Waals surface area contributed by atoms with Gasteiger partial charge >= 0.3 is 5.97 Å². The molecule has 0 spiro atoms. The third-order valence-corrected chi connectivity index (χ3v) is 7.12. The minimum atomic E-state index is -4.05. The Bertz CT molecular complexity index is 1320. The molecule has 0 amide bonds. The van der Waals surface area contributed by atoms with Crippen LogP contribution in [0.5, 0.6) is 5.75 Å². The van der Waals surface area contributed by atoms with Crippen LogP contribution in [-0.2, 0) is 23.0 Å². The molecule has 3 aromatic rings. The largest absolute Gasteiger partial charge is 0.496 e. The molecule has 2 heterocycles. The molecule has 0 fully saturated rings. The fraction of sp³-hybridized carbons (Fsp3) is 0.190. The van der Waals surface area contributed by atoms with Crippen LogP contribution in [-0.4, -0.2) is 47.7 Å². The lowest BCUT2D eigenvalue weighted by atomic mass is 10.0. The maximum absolute atomic E-state index is 13.3. The van der Waals surface area contributed by atoms with E-state index in [1.54, 1.807) is 18.2 Å². The topological polar surface area (TPSA) is 136 Å². The molecular formula is C21H18N4O5S. The molecule has 0 aliphatic carbocycles. The van der Waals surface area contributed by atoms with Crippen molar-refractivity contribution in [3.63, 3.8) is 0 Å². The summed E-state index contributed by atoms with van der Waals surface area (Å²) in [5.74, 6) is -0.854. The van der Waals surface area contributed by atoms with Crippen LogP contribution in [0.1, 0.15) is 27.2 Å². The minimum absolute atomic E-state index is 0.0284. The molecular weight excluding hydrogens is 420 g/mol. The Kier molecular flexibility index (Phi) is 5.22. The summed E-state index contributed by atoms with van der Waals surface area (Å²) in [7, 11) is -2.56. The number of benzene rings is 2. The Morgan fingerprint density at radius 2 is 2.06 bits per heavy atom. The Balaban J connectivity index is 1.75. The summed E-state index contributed by atoms with van der Waals surface area (Å²) < 4.78 is 33.2. The fourth-order valence-corrected chi connectivity index (χ4v) is 5.25. The lowest BCUT2D eigenvalue weighted by molar-refractivity contribution is 0.0692. The van der Waals surface area contributed by atoms with E-state index >= 15 is 0 Å². The zero-order valence-corrected chi connectivity index (χ0v) is 17.3. The number of nitrogens with zero attached hydrogens (tertiary/aromatic N) is 3. The van der Waals surface area contributed by atoms with E-state index in [0.29, 0.717) is 34.6 Å². The molecule has 9 nitrogen and oxygen atoms in total. The quantitative estimate of drug-likeness (QED) is 0.624. The molecule has 4 rings (SSSR count). The Morgan fingerprint density at radius 3 is 2.77 bits per heavy atom. The first-order chi connectivity index (χ1) is 14.9. The third kappa shape index (κ3) is 3.54. The van der Waals surface area contributed by atoms with Crippen LogP contribution in [0.25, 0.3) is 11.3 Å². The molecule has 10 heteroatoms. The van der Waals surface area contributed by atoms with Gasteiger partial charge in [0.15, 0.2) is 0 Å². The number of H-pyrrole nitrogens is 1. The van der Waals surface area contributed by atoms with Crippen molar-refractivity contribution < 1.29 is 23.1 Å². The van der Waals surface area contributed by atoms with Crippen molar-refractivity contribution >= 4 is 16.0 Å². The summed E-state index contributed by atoms with van der Waals surface area (Å²) >= 11 is 0. The molecule has 0 radical (unpaired) electrons. The van der Waals surface area contributed by atoms with E-state index in [1.165, 1.54) is 35.7 Å². The van der Waals surface area contributed by atoms with Gasteiger partial charge in [-0.25, -0.2) is 13.2 Å². The van der Waals surface area contributed by atoms with Gasteiger partial charge in [-0.2, -0.15) is 14.7 Å². The number of fused-ring (bicyclic) bond motifs is 1. The highest BCUT2D eigenvalue weighted by Crippen LogP contribution is 2.36. The van der Waals surface area contributed by atoms with E-state index in [9.17, 15) is 18.3 Å². The summed E-state index contributed by atoms with van der Waals surface area (Å²) in [6.45, 7) is 0.218. The van der Waals surface area contributed by atoms with Crippen LogP contribution in [0, 0.1) is 11.3 Å². The Labute approximate surface area is 178 Å². The molecule has 0 bridgehead atoms. The van der Waals surface area contributed by atoms with E-state index in [1.807, 2.05) is 0 Å². The lowest BCUT2D eigenvalue weighted by Crippen LogP contribution is -2.36. The van der Waals surface area contributed by atoms with Gasteiger partial charge in [0.05, 0.1) is 29.2 Å². The number of methoxy groups -OCH3 is 1. The van der Waals surface area contributed by atoms with Crippen molar-refractivity contribution in [1.82, 2.24) is 14.5 Å². The average Bonchev–Trinajstić information content (AvgIpc) is 3.21. The number of nitriles is 1. The maximum atomic E-state index is 13.3. The molecule has 0 atom stereocenters. The number of nitrogens with one attached hydrogen (secondary N) is 1. The number of carboxylic acids is 1. The minimum Gasteiger partial charge on any atom is -0.496 e. The summed E-state index contributed by atoms with van der Waals surface area (Å²) in [5.41, 5.74) is 2.81. The first kappa shape index (κ1) is 20.6. The number of aromatic amines is 1. The number of carboxylic acid groups (broad SMARTS) is 1. The molecule has 158 valence electrons. The first-order valence-corrected chi connectivity index (χ1v) is 10.8. The number of carbonyl (C=O) groups is 1. The first-order valence-electron chi connectivity index (χ1n) is 9.34. The van der Waals surface area contributed by atoms with E-state index < -0.39 is 16.0 Å². The number of hydrogen-bond donors (Lipinski definition) is 2. The van der Waals surface area contributed by atoms with E-state index in [2.05, 4.69) is 16.3 Å². The zero-order valence-electron chi connectivity index (χ0n) is 16.5. The normalized spacial score (nSPS) is 13.9. The van der Waals surface area contributed by atoms with E-state index in [4.69, 9.17) is 10.00 Å². The average molecular weight is 438 g/mol. The van der Waals surface area contributed by atoms with Crippen LogP contribution >= 0.6 is 0 Å². The molecule has 0 saturated heterocycles. The molecule has 1 aliphatic rings. The van der Waals surface area contributed by atoms with Gasteiger partial charge in [0, 0.05) is 36.3 Å². The van der Waals surface area contributed by atoms with Gasteiger partial charge in [-0.1, -0.05) is 12.1 Å². The van der Waals surface area contributed by atoms with Gasteiger partial charge in [0.2, 0.25) is 10.0 Å². The summed E-state index contributed by atoms with van der Waals surface area (Å²) in [6, 6.07) is 12.6. The highest BCUT2D eigenvalue weighted by Gasteiger charge is 2.34. The second-order valence-electron chi connectivity index (χ2n) is 6.95. The zero-order chi connectivity index (χ0) is 22.2. The van der Waals surface area contributed by atoms with Gasteiger partial charge < -0.3 is 9.84 Å². The molecule has 31 heavy (non-hydrogen) atoms. The predicted molar refractivity (Wildman–Crippen MR) is 110 cm³/mol. The number of aromatic nitrogens is 2. The fourth-order valence-electron chi connectivity index (χ4n) is 3.66. The smallest absolute Gasteiger partial charge is 0.337 e. The highest BCUT2D eigenvalue weighted by molar-refractivity contribution is 7.89. The van der Waals surface area contributed by atoms with Crippen LogP contribution in [0.4, 0.5) is 0 Å². The second-order valence-corrected chi connectivity index (χ2v) is 8.85. The SMILES string of the molecule is COc1cc(C#N)ccc1-c1n[nH]c2c1CN(S(=O)(=O)c1ccccc1C(=O)O)CC2. The summed E-state index contributed by atoms with van der Waals surface area (Å²) in [6.07, 6.45) is 0.398. The Morgan fingerprint density at radius 1 is 1.29 bits per heavy atom. The van der Waals surface area contributed by atoms with Crippen LogP contribution in [0.3, 0.4) is 0 Å². The van der Waals surface area contributed by atoms with Crippen molar-refractivity contribution in [3.05, 3.63) is 64.8 Å². The molecule has 1 aliphatic heterocycles. The molecule has 2 N–H and O–H groups in total. The van der Waals surface area contributed by atoms with Gasteiger partial charge in [-0.15, -0.1) is 0 Å². The predicted octanol–water partition coefficient (Wildman–Crippen LogP) is 2.40. The van der Waals surface area contributed by atoms with Crippen LogP contribution in [0.2, 0.25) is 0 Å². The van der Waals surface area contributed by atoms with Gasteiger partial charge in [-0.05, 0) is 30.3 Å². The van der Waals surface area contributed by atoms with Crippen LogP contribution in [0.15, 0.2) is 47.4 Å². The summed E-state index contributed by atoms with van der Waals surface area (Å²) in [5, 5.41) is 25.9. The molecule has 2 aromatic carbocycles. The van der Waals surface area contributed by atoms with Gasteiger partial charge in [0.1, 0.15) is 11.4 Å². The number of rotatable bonds is 5. The molecule has 0 saturated carbocycles. The lowest BCUT2D eigenvalue weighted by Gasteiger charge is -2.27. The second kappa shape index (κ2) is 7.86.